The van der Waals surface area contributed by atoms with E-state index in [9.17, 15) is 14.4 Å². The summed E-state index contributed by atoms with van der Waals surface area (Å²) in [5.74, 6) is -0.642. The molecule has 0 fully saturated rings. The Morgan fingerprint density at radius 1 is 1.05 bits per heavy atom. The van der Waals surface area contributed by atoms with Crippen molar-refractivity contribution < 1.29 is 24.6 Å². The molecule has 0 aliphatic heterocycles. The van der Waals surface area contributed by atoms with E-state index < -0.39 is 24.0 Å². The Labute approximate surface area is 133 Å². The molecule has 0 unspecified atom stereocenters. The van der Waals surface area contributed by atoms with Gasteiger partial charge in [0.2, 0.25) is 5.91 Å². The van der Waals surface area contributed by atoms with Crippen LogP contribution in [-0.4, -0.2) is 64.2 Å². The number of nitrogens with one attached hydrogen (secondary N) is 1. The zero-order valence-corrected chi connectivity index (χ0v) is 14.1. The summed E-state index contributed by atoms with van der Waals surface area (Å²) in [4.78, 5) is 31.1. The van der Waals surface area contributed by atoms with Gasteiger partial charge < -0.3 is 21.3 Å². The van der Waals surface area contributed by atoms with E-state index in [-0.39, 0.29) is 5.91 Å². The number of rotatable bonds is 9. The van der Waals surface area contributed by atoms with Crippen LogP contribution in [0.25, 0.3) is 0 Å². The second-order valence-electron chi connectivity index (χ2n) is 4.10. The highest BCUT2D eigenvalue weighted by atomic mass is 32.2. The molecule has 0 aliphatic carbocycles. The van der Waals surface area contributed by atoms with Crippen molar-refractivity contribution >= 4 is 41.4 Å². The first-order valence-corrected chi connectivity index (χ1v) is 9.01. The minimum Gasteiger partial charge on any atom is -0.480 e. The fourth-order valence-electron chi connectivity index (χ4n) is 1.11. The number of carboxylic acid groups (broad SMARTS) is 2. The Kier molecular flexibility index (Phi) is 14.9. The second-order valence-corrected chi connectivity index (χ2v) is 6.07. The molecule has 0 aromatic rings. The minimum absolute atomic E-state index is 0.302. The molecule has 0 heterocycles. The lowest BCUT2D eigenvalue weighted by Crippen LogP contribution is -2.39. The zero-order valence-electron chi connectivity index (χ0n) is 12.5. The molecular formula is C12H24N2O5S2. The van der Waals surface area contributed by atoms with Crippen molar-refractivity contribution in [2.45, 2.75) is 31.8 Å². The average molecular weight is 340 g/mol. The zero-order chi connectivity index (χ0) is 16.8. The highest BCUT2D eigenvalue weighted by Crippen LogP contribution is 2.00. The molecule has 0 saturated carbocycles. The van der Waals surface area contributed by atoms with Crippen LogP contribution in [0.5, 0.6) is 0 Å². The summed E-state index contributed by atoms with van der Waals surface area (Å²) in [6.45, 7) is 1.31. The quantitative estimate of drug-likeness (QED) is 0.477. The van der Waals surface area contributed by atoms with E-state index in [4.69, 9.17) is 15.9 Å². The van der Waals surface area contributed by atoms with E-state index in [0.29, 0.717) is 12.8 Å². The third-order valence-corrected chi connectivity index (χ3v) is 3.52. The first kappa shape index (κ1) is 22.4. The Bertz CT molecular complexity index is 329. The van der Waals surface area contributed by atoms with Gasteiger partial charge in [-0.25, -0.2) is 4.79 Å². The van der Waals surface area contributed by atoms with Gasteiger partial charge in [0.15, 0.2) is 0 Å². The first-order valence-electron chi connectivity index (χ1n) is 6.22. The van der Waals surface area contributed by atoms with E-state index in [1.807, 2.05) is 12.5 Å². The van der Waals surface area contributed by atoms with Crippen molar-refractivity contribution in [2.24, 2.45) is 5.73 Å². The monoisotopic (exact) mass is 340 g/mol. The number of amides is 1. The van der Waals surface area contributed by atoms with Crippen LogP contribution < -0.4 is 11.1 Å². The molecular weight excluding hydrogens is 316 g/mol. The standard InChI is InChI=1S/C7H13NO3S.C5H11NO2S/c1-5(9)8-6(7(10)11)3-4-12-2;1-9-3-2-4(6)5(7)8/h6H,3-4H2,1-2H3,(H,8,9)(H,10,11);4H,2-3,6H2,1H3,(H,7,8)/t6-;4-/m00/s1. The van der Waals surface area contributed by atoms with E-state index in [0.717, 1.165) is 11.5 Å². The van der Waals surface area contributed by atoms with E-state index in [2.05, 4.69) is 5.32 Å². The molecule has 9 heteroatoms. The fourth-order valence-corrected chi connectivity index (χ4v) is 2.07. The highest BCUT2D eigenvalue weighted by molar-refractivity contribution is 7.98. The maximum atomic E-state index is 10.5. The van der Waals surface area contributed by atoms with Crippen LogP contribution >= 0.6 is 23.5 Å². The van der Waals surface area contributed by atoms with Crippen LogP contribution in [0.1, 0.15) is 19.8 Å². The van der Waals surface area contributed by atoms with E-state index in [1.54, 1.807) is 23.5 Å². The van der Waals surface area contributed by atoms with Crippen LogP contribution in [-0.2, 0) is 14.4 Å². The predicted octanol–water partition coefficient (Wildman–Crippen LogP) is 0.480. The second kappa shape index (κ2) is 14.0. The molecule has 5 N–H and O–H groups in total. The van der Waals surface area contributed by atoms with Gasteiger partial charge in [0, 0.05) is 6.92 Å². The number of carbonyl (C=O) groups excluding carboxylic acids is 1. The molecule has 1 amide bonds. The Morgan fingerprint density at radius 2 is 1.52 bits per heavy atom. The van der Waals surface area contributed by atoms with E-state index in [1.165, 1.54) is 6.92 Å². The number of carboxylic acids is 2. The lowest BCUT2D eigenvalue weighted by molar-refractivity contribution is -0.141. The van der Waals surface area contributed by atoms with E-state index >= 15 is 0 Å². The SMILES string of the molecule is CSCC[C@H](N)C(=O)O.CSCC[C@H](NC(C)=O)C(=O)O. The van der Waals surface area contributed by atoms with Crippen LogP contribution in [0, 0.1) is 0 Å². The van der Waals surface area contributed by atoms with Gasteiger partial charge in [0.1, 0.15) is 12.1 Å². The normalized spacial score (nSPS) is 12.6. The molecule has 0 radical (unpaired) electrons. The molecule has 7 nitrogen and oxygen atoms in total. The lowest BCUT2D eigenvalue weighted by Gasteiger charge is -2.11. The molecule has 0 rings (SSSR count). The number of hydrogen-bond acceptors (Lipinski definition) is 6. The number of hydrogen-bond donors (Lipinski definition) is 4. The van der Waals surface area contributed by atoms with Crippen molar-refractivity contribution in [3.8, 4) is 0 Å². The van der Waals surface area contributed by atoms with Gasteiger partial charge in [-0.2, -0.15) is 23.5 Å². The molecule has 21 heavy (non-hydrogen) atoms. The van der Waals surface area contributed by atoms with Gasteiger partial charge in [-0.1, -0.05) is 0 Å². The third-order valence-electron chi connectivity index (χ3n) is 2.24. The molecule has 0 bridgehead atoms. The molecule has 0 aliphatic rings. The molecule has 0 saturated heterocycles. The topological polar surface area (TPSA) is 130 Å². The summed E-state index contributed by atoms with van der Waals surface area (Å²) in [7, 11) is 0. The smallest absolute Gasteiger partial charge is 0.326 e. The van der Waals surface area contributed by atoms with Crippen molar-refractivity contribution in [3.63, 3.8) is 0 Å². The van der Waals surface area contributed by atoms with Crippen molar-refractivity contribution in [1.29, 1.82) is 0 Å². The summed E-state index contributed by atoms with van der Waals surface area (Å²) in [6.07, 6.45) is 4.84. The van der Waals surface area contributed by atoms with Gasteiger partial charge in [-0.15, -0.1) is 0 Å². The number of nitrogens with two attached hydrogens (primary N) is 1. The summed E-state index contributed by atoms with van der Waals surface area (Å²) in [6, 6.07) is -1.42. The third kappa shape index (κ3) is 15.3. The largest absolute Gasteiger partial charge is 0.480 e. The molecule has 0 spiro atoms. The van der Waals surface area contributed by atoms with Gasteiger partial charge >= 0.3 is 11.9 Å². The summed E-state index contributed by atoms with van der Waals surface area (Å²) in [5, 5.41) is 19.3. The van der Waals surface area contributed by atoms with Crippen molar-refractivity contribution in [1.82, 2.24) is 5.32 Å². The predicted molar refractivity (Wildman–Crippen MR) is 86.8 cm³/mol. The maximum absolute atomic E-state index is 10.5. The summed E-state index contributed by atoms with van der Waals surface area (Å²) in [5.41, 5.74) is 5.19. The van der Waals surface area contributed by atoms with Gasteiger partial charge in [0.05, 0.1) is 0 Å². The molecule has 0 aromatic carbocycles. The number of thioether (sulfide) groups is 2. The Hall–Kier alpha value is -0.930. The van der Waals surface area contributed by atoms with Crippen LogP contribution in [0.15, 0.2) is 0 Å². The Balaban J connectivity index is 0. The maximum Gasteiger partial charge on any atom is 0.326 e. The lowest BCUT2D eigenvalue weighted by atomic mass is 10.2. The molecule has 124 valence electrons. The Morgan fingerprint density at radius 3 is 1.86 bits per heavy atom. The highest BCUT2D eigenvalue weighted by Gasteiger charge is 2.16. The molecule has 2 atom stereocenters. The van der Waals surface area contributed by atoms with Gasteiger partial charge in [-0.05, 0) is 36.9 Å². The summed E-state index contributed by atoms with van der Waals surface area (Å²) >= 11 is 3.16. The van der Waals surface area contributed by atoms with Crippen LogP contribution in [0.4, 0.5) is 0 Å². The van der Waals surface area contributed by atoms with Crippen molar-refractivity contribution in [3.05, 3.63) is 0 Å². The first-order chi connectivity index (χ1) is 9.76. The molecule has 0 aromatic heterocycles. The van der Waals surface area contributed by atoms with Gasteiger partial charge in [-0.3, -0.25) is 9.59 Å². The fraction of sp³-hybridized carbons (Fsp3) is 0.750. The van der Waals surface area contributed by atoms with Crippen molar-refractivity contribution in [2.75, 3.05) is 24.0 Å². The van der Waals surface area contributed by atoms with Crippen LogP contribution in [0.3, 0.4) is 0 Å². The summed E-state index contributed by atoms with van der Waals surface area (Å²) < 4.78 is 0. The van der Waals surface area contributed by atoms with Gasteiger partial charge in [0.25, 0.3) is 0 Å². The van der Waals surface area contributed by atoms with Crippen LogP contribution in [0.2, 0.25) is 0 Å². The number of aliphatic carboxylic acids is 2. The minimum atomic E-state index is -0.973. The number of carbonyl (C=O) groups is 3. The average Bonchev–Trinajstić information content (AvgIpc) is 2.40.